The van der Waals surface area contributed by atoms with Gasteiger partial charge in [-0.05, 0) is 0 Å². The molecule has 1 aromatic heterocycles. The Morgan fingerprint density at radius 3 is 2.82 bits per heavy atom. The predicted octanol–water partition coefficient (Wildman–Crippen LogP) is 2.11. The topological polar surface area (TPSA) is 44.1 Å². The van der Waals surface area contributed by atoms with Crippen LogP contribution in [-0.2, 0) is 16.1 Å². The molecule has 0 saturated carbocycles. The number of nitrogens with zero attached hydrogens (tertiary/aromatic N) is 2. The Morgan fingerprint density at radius 2 is 2.12 bits per heavy atom. The highest BCUT2D eigenvalue weighted by Gasteiger charge is 2.01. The summed E-state index contributed by atoms with van der Waals surface area (Å²) in [5.74, 6) is -0.256. The molecular weight excluding hydrogens is 216 g/mol. The van der Waals surface area contributed by atoms with Gasteiger partial charge in [0.05, 0.1) is 18.6 Å². The van der Waals surface area contributed by atoms with E-state index >= 15 is 0 Å². The molecule has 0 aliphatic rings. The summed E-state index contributed by atoms with van der Waals surface area (Å²) in [6, 6.07) is 9.96. The van der Waals surface area contributed by atoms with Gasteiger partial charge < -0.3 is 9.30 Å². The number of imidazole rings is 1. The van der Waals surface area contributed by atoms with E-state index in [1.165, 1.54) is 6.92 Å². The highest BCUT2D eigenvalue weighted by Crippen LogP contribution is 2.15. The first-order valence-electron chi connectivity index (χ1n) is 5.46. The Bertz CT molecular complexity index is 491. The maximum absolute atomic E-state index is 10.6. The van der Waals surface area contributed by atoms with Crippen molar-refractivity contribution in [2.24, 2.45) is 0 Å². The lowest BCUT2D eigenvalue weighted by Crippen LogP contribution is -2.07. The predicted molar refractivity (Wildman–Crippen MR) is 64.3 cm³/mol. The van der Waals surface area contributed by atoms with E-state index in [0.717, 1.165) is 11.3 Å². The zero-order valence-corrected chi connectivity index (χ0v) is 9.67. The van der Waals surface area contributed by atoms with Crippen LogP contribution in [0.2, 0.25) is 0 Å². The lowest BCUT2D eigenvalue weighted by atomic mass is 10.2. The molecule has 88 valence electrons. The second-order valence-corrected chi connectivity index (χ2v) is 3.70. The van der Waals surface area contributed by atoms with Gasteiger partial charge in [-0.1, -0.05) is 30.3 Å². The van der Waals surface area contributed by atoms with Gasteiger partial charge >= 0.3 is 5.97 Å². The molecule has 2 rings (SSSR count). The minimum absolute atomic E-state index is 0.256. The highest BCUT2D eigenvalue weighted by molar-refractivity contribution is 5.65. The number of aromatic nitrogens is 2. The van der Waals surface area contributed by atoms with Crippen LogP contribution in [0.3, 0.4) is 0 Å². The Kier molecular flexibility index (Phi) is 3.55. The van der Waals surface area contributed by atoms with Crippen LogP contribution in [0.15, 0.2) is 42.9 Å². The number of carbonyl (C=O) groups is 1. The van der Waals surface area contributed by atoms with Crippen molar-refractivity contribution < 1.29 is 9.53 Å². The summed E-state index contributed by atoms with van der Waals surface area (Å²) in [7, 11) is 0. The zero-order chi connectivity index (χ0) is 12.1. The molecule has 0 aliphatic carbocycles. The van der Waals surface area contributed by atoms with Crippen LogP contribution in [0.25, 0.3) is 11.3 Å². The molecule has 0 N–H and O–H groups in total. The average Bonchev–Trinajstić information content (AvgIpc) is 2.78. The first kappa shape index (κ1) is 11.4. The first-order valence-corrected chi connectivity index (χ1v) is 5.46. The van der Waals surface area contributed by atoms with Crippen molar-refractivity contribution >= 4 is 5.97 Å². The molecule has 1 heterocycles. The lowest BCUT2D eigenvalue weighted by Gasteiger charge is -2.01. The Morgan fingerprint density at radius 1 is 1.35 bits per heavy atom. The molecule has 0 aliphatic heterocycles. The van der Waals surface area contributed by atoms with Gasteiger partial charge in [-0.15, -0.1) is 0 Å². The SMILES string of the molecule is CC(=O)OCCn1cnc(-c2ccccc2)c1. The van der Waals surface area contributed by atoms with E-state index in [-0.39, 0.29) is 5.97 Å². The van der Waals surface area contributed by atoms with Crippen molar-refractivity contribution in [2.75, 3.05) is 6.61 Å². The third-order valence-corrected chi connectivity index (χ3v) is 2.36. The summed E-state index contributed by atoms with van der Waals surface area (Å²) in [5, 5.41) is 0. The van der Waals surface area contributed by atoms with Gasteiger partial charge in [-0.2, -0.15) is 0 Å². The molecule has 0 fully saturated rings. The third-order valence-electron chi connectivity index (χ3n) is 2.36. The second kappa shape index (κ2) is 5.30. The number of carbonyl (C=O) groups excluding carboxylic acids is 1. The minimum atomic E-state index is -0.256. The average molecular weight is 230 g/mol. The van der Waals surface area contributed by atoms with Crippen LogP contribution in [0.5, 0.6) is 0 Å². The molecule has 0 spiro atoms. The van der Waals surface area contributed by atoms with E-state index in [1.807, 2.05) is 41.1 Å². The van der Waals surface area contributed by atoms with Gasteiger partial charge in [0.15, 0.2) is 0 Å². The van der Waals surface area contributed by atoms with Gasteiger partial charge in [-0.25, -0.2) is 4.98 Å². The number of rotatable bonds is 4. The molecule has 0 atom stereocenters. The Labute approximate surface area is 99.9 Å². The lowest BCUT2D eigenvalue weighted by molar-refractivity contribution is -0.141. The number of hydrogen-bond donors (Lipinski definition) is 0. The monoisotopic (exact) mass is 230 g/mol. The molecule has 0 bridgehead atoms. The smallest absolute Gasteiger partial charge is 0.302 e. The fourth-order valence-corrected chi connectivity index (χ4v) is 1.54. The fraction of sp³-hybridized carbons (Fsp3) is 0.231. The maximum Gasteiger partial charge on any atom is 0.302 e. The normalized spacial score (nSPS) is 10.2. The molecule has 0 unspecified atom stereocenters. The van der Waals surface area contributed by atoms with E-state index < -0.39 is 0 Å². The van der Waals surface area contributed by atoms with Crippen molar-refractivity contribution in [1.82, 2.24) is 9.55 Å². The fourth-order valence-electron chi connectivity index (χ4n) is 1.54. The summed E-state index contributed by atoms with van der Waals surface area (Å²) in [5.41, 5.74) is 2.01. The molecule has 0 radical (unpaired) electrons. The molecule has 0 saturated heterocycles. The van der Waals surface area contributed by atoms with Gasteiger partial charge in [0.25, 0.3) is 0 Å². The quantitative estimate of drug-likeness (QED) is 0.755. The molecule has 4 nitrogen and oxygen atoms in total. The van der Waals surface area contributed by atoms with Crippen LogP contribution in [0.4, 0.5) is 0 Å². The summed E-state index contributed by atoms with van der Waals surface area (Å²) >= 11 is 0. The van der Waals surface area contributed by atoms with Crippen LogP contribution in [0.1, 0.15) is 6.92 Å². The molecule has 2 aromatic rings. The number of esters is 1. The molecule has 17 heavy (non-hydrogen) atoms. The Hall–Kier alpha value is -2.10. The van der Waals surface area contributed by atoms with Gasteiger partial charge in [0, 0.05) is 18.7 Å². The van der Waals surface area contributed by atoms with Crippen LogP contribution >= 0.6 is 0 Å². The number of ether oxygens (including phenoxy) is 1. The van der Waals surface area contributed by atoms with Crippen molar-refractivity contribution in [3.05, 3.63) is 42.9 Å². The summed E-state index contributed by atoms with van der Waals surface area (Å²) in [6.45, 7) is 2.41. The molecule has 0 amide bonds. The van der Waals surface area contributed by atoms with Crippen LogP contribution in [-0.4, -0.2) is 22.1 Å². The molecule has 4 heteroatoms. The molecule has 1 aromatic carbocycles. The first-order chi connectivity index (χ1) is 8.25. The summed E-state index contributed by atoms with van der Waals surface area (Å²) in [6.07, 6.45) is 3.69. The van der Waals surface area contributed by atoms with Gasteiger partial charge in [0.2, 0.25) is 0 Å². The van der Waals surface area contributed by atoms with Gasteiger partial charge in [0.1, 0.15) is 6.61 Å². The standard InChI is InChI=1S/C13H14N2O2/c1-11(16)17-8-7-15-9-13(14-10-15)12-5-3-2-4-6-12/h2-6,9-10H,7-8H2,1H3. The van der Waals surface area contributed by atoms with E-state index in [2.05, 4.69) is 4.98 Å². The Balaban J connectivity index is 1.99. The zero-order valence-electron chi connectivity index (χ0n) is 9.67. The highest BCUT2D eigenvalue weighted by atomic mass is 16.5. The summed E-state index contributed by atoms with van der Waals surface area (Å²) in [4.78, 5) is 14.9. The van der Waals surface area contributed by atoms with E-state index in [0.29, 0.717) is 13.2 Å². The van der Waals surface area contributed by atoms with E-state index in [1.54, 1.807) is 6.33 Å². The van der Waals surface area contributed by atoms with E-state index in [9.17, 15) is 4.79 Å². The van der Waals surface area contributed by atoms with Crippen molar-refractivity contribution in [3.63, 3.8) is 0 Å². The second-order valence-electron chi connectivity index (χ2n) is 3.70. The van der Waals surface area contributed by atoms with Crippen LogP contribution < -0.4 is 0 Å². The van der Waals surface area contributed by atoms with Crippen molar-refractivity contribution in [3.8, 4) is 11.3 Å². The number of benzene rings is 1. The number of hydrogen-bond acceptors (Lipinski definition) is 3. The third kappa shape index (κ3) is 3.17. The molecular formula is C13H14N2O2. The van der Waals surface area contributed by atoms with Crippen molar-refractivity contribution in [1.29, 1.82) is 0 Å². The maximum atomic E-state index is 10.6. The largest absolute Gasteiger partial charge is 0.464 e. The minimum Gasteiger partial charge on any atom is -0.464 e. The van der Waals surface area contributed by atoms with E-state index in [4.69, 9.17) is 4.74 Å². The van der Waals surface area contributed by atoms with Crippen molar-refractivity contribution in [2.45, 2.75) is 13.5 Å². The van der Waals surface area contributed by atoms with Crippen LogP contribution in [0, 0.1) is 0 Å². The van der Waals surface area contributed by atoms with Gasteiger partial charge in [-0.3, -0.25) is 4.79 Å². The summed E-state index contributed by atoms with van der Waals surface area (Å²) < 4.78 is 6.78.